The zero-order chi connectivity index (χ0) is 36.1. The van der Waals surface area contributed by atoms with Gasteiger partial charge in [-0.3, -0.25) is 9.97 Å². The Kier molecular flexibility index (Phi) is 9.45. The van der Waals surface area contributed by atoms with E-state index in [1.807, 2.05) is 60.7 Å². The molecule has 10 rings (SSSR count). The number of rotatable bonds is 5. The fourth-order valence-corrected chi connectivity index (χ4v) is 7.34. The molecule has 0 aliphatic carbocycles. The Balaban J connectivity index is 0.000000271. The third-order valence-corrected chi connectivity index (χ3v) is 9.85. The van der Waals surface area contributed by atoms with E-state index in [9.17, 15) is 0 Å². The zero-order valence-electron chi connectivity index (χ0n) is 30.3. The summed E-state index contributed by atoms with van der Waals surface area (Å²) in [5, 5.41) is 4.11. The van der Waals surface area contributed by atoms with Gasteiger partial charge in [-0.05, 0) is 57.6 Å². The molecule has 0 bridgehead atoms. The monoisotopic (exact) mass is 881 g/mol. The molecule has 1 radical (unpaired) electrons. The van der Waals surface area contributed by atoms with Gasteiger partial charge in [0, 0.05) is 48.3 Å². The molecule has 4 aromatic heterocycles. The number of imidazole rings is 1. The number of pyridine rings is 1. The second-order valence-corrected chi connectivity index (χ2v) is 13.8. The molecule has 267 valence electrons. The summed E-state index contributed by atoms with van der Waals surface area (Å²) in [5.74, 6) is 1.40. The van der Waals surface area contributed by atoms with Crippen LogP contribution in [0.2, 0.25) is 0 Å². The molecule has 0 saturated heterocycles. The van der Waals surface area contributed by atoms with Crippen LogP contribution in [0.4, 0.5) is 0 Å². The van der Waals surface area contributed by atoms with E-state index >= 15 is 0 Å². The molecule has 0 amide bonds. The standard InChI is InChI=1S/C36H28N3O2.C11H8N.Ir/c1-20(2)23-12-9-13-24(21(3)4)33(23)39-29-15-8-7-14-28(29)38-36(39)27-18-30-32(37-19-40-30)31-26-17-16-22-10-5-6-11-25(22)34(26)41-35(27)31;1-2-6-10(7-3-1)11-8-4-5-9-12-11;/h5-17,19-21H,1-4H3;1-6,8-9H;/q2*-1;. The van der Waals surface area contributed by atoms with Gasteiger partial charge in [0.15, 0.2) is 6.39 Å². The Labute approximate surface area is 326 Å². The minimum Gasteiger partial charge on any atom is -0.500 e. The predicted octanol–water partition coefficient (Wildman–Crippen LogP) is 12.5. The van der Waals surface area contributed by atoms with Crippen molar-refractivity contribution < 1.29 is 28.9 Å². The second kappa shape index (κ2) is 14.5. The van der Waals surface area contributed by atoms with E-state index in [1.165, 1.54) is 23.2 Å². The van der Waals surface area contributed by atoms with Crippen molar-refractivity contribution in [3.05, 3.63) is 157 Å². The molecule has 6 nitrogen and oxygen atoms in total. The van der Waals surface area contributed by atoms with E-state index in [0.717, 1.165) is 66.3 Å². The van der Waals surface area contributed by atoms with Crippen LogP contribution in [0.25, 0.3) is 83.2 Å². The predicted molar refractivity (Wildman–Crippen MR) is 214 cm³/mol. The Bertz CT molecular complexity index is 2840. The van der Waals surface area contributed by atoms with Crippen LogP contribution < -0.4 is 0 Å². The molecule has 0 aliphatic rings. The van der Waals surface area contributed by atoms with Crippen LogP contribution in [-0.2, 0) is 20.1 Å². The van der Waals surface area contributed by atoms with Gasteiger partial charge in [0.2, 0.25) is 0 Å². The van der Waals surface area contributed by atoms with Crippen LogP contribution in [0.5, 0.6) is 0 Å². The molecule has 6 aromatic carbocycles. The Morgan fingerprint density at radius 2 is 1.44 bits per heavy atom. The van der Waals surface area contributed by atoms with Crippen LogP contribution in [0.1, 0.15) is 50.7 Å². The van der Waals surface area contributed by atoms with Crippen molar-refractivity contribution in [1.82, 2.24) is 19.5 Å². The number of aromatic nitrogens is 4. The first-order valence-corrected chi connectivity index (χ1v) is 18.0. The largest absolute Gasteiger partial charge is 0.500 e. The first-order valence-electron chi connectivity index (χ1n) is 18.0. The van der Waals surface area contributed by atoms with Crippen molar-refractivity contribution in [3.63, 3.8) is 0 Å². The number of benzene rings is 6. The quantitative estimate of drug-likeness (QED) is 0.161. The fourth-order valence-electron chi connectivity index (χ4n) is 7.34. The summed E-state index contributed by atoms with van der Waals surface area (Å²) in [6, 6.07) is 47.9. The zero-order valence-corrected chi connectivity index (χ0v) is 32.7. The molecule has 0 aliphatic heterocycles. The summed E-state index contributed by atoms with van der Waals surface area (Å²) >= 11 is 0. The van der Waals surface area contributed by atoms with Crippen molar-refractivity contribution >= 4 is 54.8 Å². The van der Waals surface area contributed by atoms with Gasteiger partial charge in [-0.25, -0.2) is 0 Å². The maximum Gasteiger partial charge on any atom is 0.170 e. The topological polar surface area (TPSA) is 69.9 Å². The number of furan rings is 1. The Morgan fingerprint density at radius 1 is 0.685 bits per heavy atom. The number of hydrogen-bond acceptors (Lipinski definition) is 5. The maximum absolute atomic E-state index is 6.80. The van der Waals surface area contributed by atoms with E-state index in [1.54, 1.807) is 6.20 Å². The molecule has 10 aromatic rings. The SMILES string of the molecule is CC(C)c1cccc(C(C)C)c1-n1c(-c2[c-]c3ocnc3c3c2oc2c4ccccc4ccc23)nc2ccccc21.[Ir].[c-]1ccccc1-c1ccccn1. The summed E-state index contributed by atoms with van der Waals surface area (Å²) in [4.78, 5) is 14.1. The number of nitrogens with zero attached hydrogens (tertiary/aromatic N) is 4. The van der Waals surface area contributed by atoms with E-state index in [4.69, 9.17) is 13.8 Å². The molecule has 0 unspecified atom stereocenters. The summed E-state index contributed by atoms with van der Waals surface area (Å²) in [6.07, 6.45) is 3.27. The summed E-state index contributed by atoms with van der Waals surface area (Å²) < 4.78 is 15.0. The van der Waals surface area contributed by atoms with Crippen LogP contribution in [-0.4, -0.2) is 19.5 Å². The van der Waals surface area contributed by atoms with Gasteiger partial charge in [0.05, 0.1) is 28.0 Å². The molecule has 7 heteroatoms. The molecule has 0 fully saturated rings. The summed E-state index contributed by atoms with van der Waals surface area (Å²) in [7, 11) is 0. The van der Waals surface area contributed by atoms with Gasteiger partial charge in [-0.2, -0.15) is 0 Å². The molecule has 4 heterocycles. The molecular formula is C47H36IrN4O2-2. The third kappa shape index (κ3) is 6.00. The Morgan fingerprint density at radius 3 is 2.20 bits per heavy atom. The van der Waals surface area contributed by atoms with Crippen LogP contribution in [0, 0.1) is 12.1 Å². The maximum atomic E-state index is 6.80. The summed E-state index contributed by atoms with van der Waals surface area (Å²) in [5.41, 5.74) is 11.3. The van der Waals surface area contributed by atoms with Gasteiger partial charge in [0.1, 0.15) is 5.58 Å². The smallest absolute Gasteiger partial charge is 0.170 e. The molecule has 54 heavy (non-hydrogen) atoms. The normalized spacial score (nSPS) is 11.5. The number of oxazole rings is 1. The van der Waals surface area contributed by atoms with E-state index in [-0.39, 0.29) is 20.1 Å². The minimum atomic E-state index is 0. The van der Waals surface area contributed by atoms with Crippen LogP contribution in [0.15, 0.2) is 143 Å². The van der Waals surface area contributed by atoms with Crippen molar-refractivity contribution in [1.29, 1.82) is 0 Å². The molecule has 0 saturated carbocycles. The molecule has 0 N–H and O–H groups in total. The van der Waals surface area contributed by atoms with Gasteiger partial charge < -0.3 is 18.4 Å². The number of hydrogen-bond donors (Lipinski definition) is 0. The summed E-state index contributed by atoms with van der Waals surface area (Å²) in [6.45, 7) is 8.99. The van der Waals surface area contributed by atoms with Gasteiger partial charge in [-0.15, -0.1) is 35.9 Å². The number of fused-ring (bicyclic) bond motifs is 8. The first-order chi connectivity index (χ1) is 26.0. The molecular weight excluding hydrogens is 845 g/mol. The van der Waals surface area contributed by atoms with Gasteiger partial charge in [-0.1, -0.05) is 118 Å². The van der Waals surface area contributed by atoms with Crippen molar-refractivity contribution in [2.45, 2.75) is 39.5 Å². The number of para-hydroxylation sites is 3. The van der Waals surface area contributed by atoms with Crippen molar-refractivity contribution in [2.75, 3.05) is 0 Å². The van der Waals surface area contributed by atoms with Gasteiger partial charge >= 0.3 is 0 Å². The van der Waals surface area contributed by atoms with Crippen LogP contribution >= 0.6 is 0 Å². The Hall–Kier alpha value is -5.88. The van der Waals surface area contributed by atoms with E-state index in [2.05, 4.69) is 115 Å². The van der Waals surface area contributed by atoms with E-state index < -0.39 is 0 Å². The fraction of sp³-hybridized carbons (Fsp3) is 0.128. The average Bonchev–Trinajstić information content (AvgIpc) is 3.93. The first kappa shape index (κ1) is 35.2. The second-order valence-electron chi connectivity index (χ2n) is 13.8. The molecule has 0 atom stereocenters. The van der Waals surface area contributed by atoms with Gasteiger partial charge in [0.25, 0.3) is 0 Å². The van der Waals surface area contributed by atoms with Crippen molar-refractivity contribution in [2.24, 2.45) is 0 Å². The minimum absolute atomic E-state index is 0. The van der Waals surface area contributed by atoms with E-state index in [0.29, 0.717) is 23.0 Å². The average molecular weight is 881 g/mol. The third-order valence-electron chi connectivity index (χ3n) is 9.85. The molecule has 0 spiro atoms. The van der Waals surface area contributed by atoms with Crippen molar-refractivity contribution in [3.8, 4) is 28.3 Å². The van der Waals surface area contributed by atoms with Crippen LogP contribution in [0.3, 0.4) is 0 Å².